The van der Waals surface area contributed by atoms with E-state index in [-0.39, 0.29) is 0 Å². The van der Waals surface area contributed by atoms with Crippen LogP contribution in [0.15, 0.2) is 33.3 Å². The summed E-state index contributed by atoms with van der Waals surface area (Å²) in [6.45, 7) is 3.24. The maximum absolute atomic E-state index is 6.09. The lowest BCUT2D eigenvalue weighted by atomic mass is 10.2. The molecule has 0 saturated carbocycles. The Morgan fingerprint density at radius 3 is 2.88 bits per heavy atom. The van der Waals surface area contributed by atoms with E-state index in [4.69, 9.17) is 16.1 Å². The van der Waals surface area contributed by atoms with Crippen LogP contribution in [-0.2, 0) is 13.1 Å². The van der Waals surface area contributed by atoms with Crippen LogP contribution in [0, 0.1) is 6.92 Å². The van der Waals surface area contributed by atoms with Gasteiger partial charge in [-0.3, -0.25) is 0 Å². The standard InChI is InChI=1S/C12H12BrClN2O/c1-8-4-11(17-16-8)7-15-6-9-5-10(13)2-3-12(9)14/h2-5,15H,6-7H2,1H3. The zero-order valence-electron chi connectivity index (χ0n) is 9.34. The Hall–Kier alpha value is -0.840. The van der Waals surface area contributed by atoms with Gasteiger partial charge >= 0.3 is 0 Å². The summed E-state index contributed by atoms with van der Waals surface area (Å²) in [6.07, 6.45) is 0. The van der Waals surface area contributed by atoms with E-state index in [1.165, 1.54) is 0 Å². The lowest BCUT2D eigenvalue weighted by Gasteiger charge is -2.05. The van der Waals surface area contributed by atoms with Crippen LogP contribution in [0.25, 0.3) is 0 Å². The molecule has 0 aliphatic heterocycles. The Bertz CT molecular complexity index is 513. The van der Waals surface area contributed by atoms with Crippen molar-refractivity contribution >= 4 is 27.5 Å². The van der Waals surface area contributed by atoms with Gasteiger partial charge in [-0.1, -0.05) is 32.7 Å². The summed E-state index contributed by atoms with van der Waals surface area (Å²) in [7, 11) is 0. The van der Waals surface area contributed by atoms with Crippen molar-refractivity contribution in [2.45, 2.75) is 20.0 Å². The lowest BCUT2D eigenvalue weighted by Crippen LogP contribution is -2.12. The highest BCUT2D eigenvalue weighted by Gasteiger charge is 2.03. The molecule has 0 aliphatic carbocycles. The predicted molar refractivity (Wildman–Crippen MR) is 70.9 cm³/mol. The third-order valence-electron chi connectivity index (χ3n) is 2.30. The van der Waals surface area contributed by atoms with Gasteiger partial charge in [-0.2, -0.15) is 0 Å². The molecule has 3 nitrogen and oxygen atoms in total. The second kappa shape index (κ2) is 5.67. The van der Waals surface area contributed by atoms with Gasteiger partial charge in [0.2, 0.25) is 0 Å². The molecule has 2 aromatic rings. The molecule has 0 saturated heterocycles. The van der Waals surface area contributed by atoms with Gasteiger partial charge in [0.15, 0.2) is 5.76 Å². The number of halogens is 2. The van der Waals surface area contributed by atoms with Crippen molar-refractivity contribution in [2.24, 2.45) is 0 Å². The molecule has 0 aliphatic rings. The Labute approximate surface area is 113 Å². The fourth-order valence-electron chi connectivity index (χ4n) is 1.50. The average molecular weight is 316 g/mol. The van der Waals surface area contributed by atoms with Crippen LogP contribution in [-0.4, -0.2) is 5.16 Å². The van der Waals surface area contributed by atoms with Gasteiger partial charge in [-0.05, 0) is 30.7 Å². The third-order valence-corrected chi connectivity index (χ3v) is 3.16. The molecule has 1 aromatic heterocycles. The van der Waals surface area contributed by atoms with E-state index >= 15 is 0 Å². The number of aromatic nitrogens is 1. The minimum Gasteiger partial charge on any atom is -0.360 e. The van der Waals surface area contributed by atoms with Crippen LogP contribution >= 0.6 is 27.5 Å². The van der Waals surface area contributed by atoms with E-state index in [0.717, 1.165) is 26.5 Å². The average Bonchev–Trinajstić information content (AvgIpc) is 2.69. The van der Waals surface area contributed by atoms with Crippen molar-refractivity contribution in [3.05, 3.63) is 50.8 Å². The number of nitrogens with one attached hydrogen (secondary N) is 1. The van der Waals surface area contributed by atoms with E-state index in [1.54, 1.807) is 0 Å². The first-order valence-electron chi connectivity index (χ1n) is 5.22. The molecule has 90 valence electrons. The third kappa shape index (κ3) is 3.56. The fraction of sp³-hybridized carbons (Fsp3) is 0.250. The molecule has 0 atom stereocenters. The van der Waals surface area contributed by atoms with E-state index in [2.05, 4.69) is 26.4 Å². The first-order valence-corrected chi connectivity index (χ1v) is 6.39. The molecule has 2 rings (SSSR count). The molecular formula is C12H12BrClN2O. The Kier molecular flexibility index (Phi) is 4.20. The molecule has 0 bridgehead atoms. The quantitative estimate of drug-likeness (QED) is 0.935. The molecule has 0 spiro atoms. The maximum Gasteiger partial charge on any atom is 0.150 e. The molecule has 1 heterocycles. The number of rotatable bonds is 4. The molecule has 17 heavy (non-hydrogen) atoms. The van der Waals surface area contributed by atoms with E-state index in [0.29, 0.717) is 13.1 Å². The summed E-state index contributed by atoms with van der Waals surface area (Å²) in [5, 5.41) is 7.84. The molecule has 5 heteroatoms. The number of benzene rings is 1. The predicted octanol–water partition coefficient (Wildman–Crippen LogP) is 3.69. The topological polar surface area (TPSA) is 38.1 Å². The van der Waals surface area contributed by atoms with Crippen LogP contribution in [0.4, 0.5) is 0 Å². The molecule has 0 fully saturated rings. The summed E-state index contributed by atoms with van der Waals surface area (Å²) in [5.41, 5.74) is 1.94. The SMILES string of the molecule is Cc1cc(CNCc2cc(Br)ccc2Cl)on1. The highest BCUT2D eigenvalue weighted by atomic mass is 79.9. The van der Waals surface area contributed by atoms with Gasteiger partial charge in [0.1, 0.15) is 0 Å². The van der Waals surface area contributed by atoms with Crippen LogP contribution in [0.5, 0.6) is 0 Å². The van der Waals surface area contributed by atoms with Gasteiger partial charge in [-0.15, -0.1) is 0 Å². The number of hydrogen-bond acceptors (Lipinski definition) is 3. The Balaban J connectivity index is 1.91. The summed E-state index contributed by atoms with van der Waals surface area (Å²) >= 11 is 9.51. The zero-order chi connectivity index (χ0) is 12.3. The molecule has 0 unspecified atom stereocenters. The number of hydrogen-bond donors (Lipinski definition) is 1. The number of nitrogens with zero attached hydrogens (tertiary/aromatic N) is 1. The molecule has 0 radical (unpaired) electrons. The Morgan fingerprint density at radius 1 is 1.35 bits per heavy atom. The van der Waals surface area contributed by atoms with Gasteiger partial charge in [-0.25, -0.2) is 0 Å². The minimum atomic E-state index is 0.643. The van der Waals surface area contributed by atoms with E-state index < -0.39 is 0 Å². The number of aryl methyl sites for hydroxylation is 1. The van der Waals surface area contributed by atoms with Crippen molar-refractivity contribution in [3.63, 3.8) is 0 Å². The van der Waals surface area contributed by atoms with Gasteiger partial charge in [0.05, 0.1) is 12.2 Å². The molecule has 0 amide bonds. The normalized spacial score (nSPS) is 10.8. The molecule has 1 N–H and O–H groups in total. The molecule has 1 aromatic carbocycles. The molecular weight excluding hydrogens is 304 g/mol. The second-order valence-electron chi connectivity index (χ2n) is 3.77. The first kappa shape index (κ1) is 12.6. The summed E-state index contributed by atoms with van der Waals surface area (Å²) in [5.74, 6) is 0.827. The van der Waals surface area contributed by atoms with Crippen molar-refractivity contribution in [3.8, 4) is 0 Å². The van der Waals surface area contributed by atoms with Crippen LogP contribution in [0.3, 0.4) is 0 Å². The second-order valence-corrected chi connectivity index (χ2v) is 5.10. The fourth-order valence-corrected chi connectivity index (χ4v) is 2.09. The van der Waals surface area contributed by atoms with Crippen molar-refractivity contribution in [1.82, 2.24) is 10.5 Å². The van der Waals surface area contributed by atoms with Gasteiger partial charge in [0.25, 0.3) is 0 Å². The largest absolute Gasteiger partial charge is 0.360 e. The van der Waals surface area contributed by atoms with Crippen molar-refractivity contribution in [2.75, 3.05) is 0 Å². The summed E-state index contributed by atoms with van der Waals surface area (Å²) < 4.78 is 6.12. The zero-order valence-corrected chi connectivity index (χ0v) is 11.7. The van der Waals surface area contributed by atoms with Crippen molar-refractivity contribution < 1.29 is 4.52 Å². The monoisotopic (exact) mass is 314 g/mol. The highest BCUT2D eigenvalue weighted by molar-refractivity contribution is 9.10. The van der Waals surface area contributed by atoms with Crippen LogP contribution in [0.1, 0.15) is 17.0 Å². The maximum atomic E-state index is 6.09. The Morgan fingerprint density at radius 2 is 2.18 bits per heavy atom. The highest BCUT2D eigenvalue weighted by Crippen LogP contribution is 2.20. The minimum absolute atomic E-state index is 0.643. The van der Waals surface area contributed by atoms with Crippen LogP contribution < -0.4 is 5.32 Å². The van der Waals surface area contributed by atoms with Gasteiger partial charge < -0.3 is 9.84 Å². The summed E-state index contributed by atoms with van der Waals surface area (Å²) in [6, 6.07) is 7.71. The first-order chi connectivity index (χ1) is 8.15. The summed E-state index contributed by atoms with van der Waals surface area (Å²) in [4.78, 5) is 0. The lowest BCUT2D eigenvalue weighted by molar-refractivity contribution is 0.369. The van der Waals surface area contributed by atoms with Crippen molar-refractivity contribution in [1.29, 1.82) is 0 Å². The van der Waals surface area contributed by atoms with Gasteiger partial charge in [0, 0.05) is 22.1 Å². The van der Waals surface area contributed by atoms with E-state index in [9.17, 15) is 0 Å². The smallest absolute Gasteiger partial charge is 0.150 e. The van der Waals surface area contributed by atoms with Crippen LogP contribution in [0.2, 0.25) is 5.02 Å². The van der Waals surface area contributed by atoms with E-state index in [1.807, 2.05) is 31.2 Å².